The van der Waals surface area contributed by atoms with Crippen molar-refractivity contribution >= 4 is 21.6 Å². The van der Waals surface area contributed by atoms with E-state index in [9.17, 15) is 13.2 Å². The Balaban J connectivity index is 1.49. The highest BCUT2D eigenvalue weighted by Gasteiger charge is 2.32. The Morgan fingerprint density at radius 2 is 1.79 bits per heavy atom. The molecule has 156 valence electrons. The average molecular weight is 413 g/mol. The summed E-state index contributed by atoms with van der Waals surface area (Å²) in [4.78, 5) is 14.0. The van der Waals surface area contributed by atoms with E-state index in [1.54, 1.807) is 29.2 Å². The van der Waals surface area contributed by atoms with Crippen molar-refractivity contribution in [3.63, 3.8) is 0 Å². The lowest BCUT2D eigenvalue weighted by Gasteiger charge is -2.33. The third-order valence-electron chi connectivity index (χ3n) is 4.74. The highest BCUT2D eigenvalue weighted by molar-refractivity contribution is 7.93. The van der Waals surface area contributed by atoms with Gasteiger partial charge >= 0.3 is 0 Å². The zero-order valence-electron chi connectivity index (χ0n) is 16.3. The number of sulfonamides is 1. The van der Waals surface area contributed by atoms with Crippen LogP contribution in [0.1, 0.15) is 26.7 Å². The van der Waals surface area contributed by atoms with E-state index in [0.717, 1.165) is 12.8 Å². The fourth-order valence-electron chi connectivity index (χ4n) is 3.41. The third-order valence-corrected chi connectivity index (χ3v) is 5.91. The highest BCUT2D eigenvalue weighted by atomic mass is 32.2. The van der Waals surface area contributed by atoms with Crippen molar-refractivity contribution in [3.05, 3.63) is 24.3 Å². The Morgan fingerprint density at radius 1 is 1.18 bits per heavy atom. The van der Waals surface area contributed by atoms with E-state index in [1.165, 1.54) is 0 Å². The van der Waals surface area contributed by atoms with Crippen LogP contribution in [-0.4, -0.2) is 63.7 Å². The van der Waals surface area contributed by atoms with Gasteiger partial charge in [-0.05, 0) is 51.0 Å². The molecule has 0 spiro atoms. The Morgan fingerprint density at radius 3 is 2.36 bits per heavy atom. The predicted octanol–water partition coefficient (Wildman–Crippen LogP) is 1.83. The molecular formula is C19H28N2O6S. The first kappa shape index (κ1) is 20.9. The maximum atomic E-state index is 12.4. The van der Waals surface area contributed by atoms with Gasteiger partial charge in [0.25, 0.3) is 0 Å². The molecule has 2 heterocycles. The molecule has 0 saturated carbocycles. The maximum absolute atomic E-state index is 12.4. The van der Waals surface area contributed by atoms with E-state index in [2.05, 4.69) is 4.72 Å². The number of rotatable bonds is 7. The van der Waals surface area contributed by atoms with Crippen LogP contribution < -0.4 is 9.46 Å². The van der Waals surface area contributed by atoms with Crippen molar-refractivity contribution < 1.29 is 27.4 Å². The maximum Gasteiger partial charge on any atom is 0.241 e. The standard InChI is InChI=1S/C19H28N2O6S/c1-14(2)27-17-5-3-16(4-6-17)20-28(23,24)13-18(22)21-9-7-15(8-10-21)19-25-11-12-26-19/h3-6,14-15,19-20H,7-13H2,1-2H3. The number of benzene rings is 1. The van der Waals surface area contributed by atoms with Crippen LogP contribution in [0.4, 0.5) is 5.69 Å². The second kappa shape index (κ2) is 9.11. The molecule has 2 fully saturated rings. The number of nitrogens with zero attached hydrogens (tertiary/aromatic N) is 1. The minimum atomic E-state index is -3.78. The van der Waals surface area contributed by atoms with Gasteiger partial charge in [-0.15, -0.1) is 0 Å². The summed E-state index contributed by atoms with van der Waals surface area (Å²) in [6.45, 7) is 6.08. The van der Waals surface area contributed by atoms with Crippen LogP contribution in [-0.2, 0) is 24.3 Å². The monoisotopic (exact) mass is 412 g/mol. The summed E-state index contributed by atoms with van der Waals surface area (Å²) in [5, 5.41) is 0. The number of carbonyl (C=O) groups is 1. The molecule has 0 bridgehead atoms. The zero-order chi connectivity index (χ0) is 20.1. The van der Waals surface area contributed by atoms with Gasteiger partial charge in [-0.25, -0.2) is 8.42 Å². The van der Waals surface area contributed by atoms with Crippen molar-refractivity contribution in [1.29, 1.82) is 0 Å². The van der Waals surface area contributed by atoms with Crippen LogP contribution in [0.5, 0.6) is 5.75 Å². The van der Waals surface area contributed by atoms with Gasteiger partial charge in [0, 0.05) is 24.7 Å². The Kier molecular flexibility index (Phi) is 6.79. The van der Waals surface area contributed by atoms with Crippen molar-refractivity contribution in [3.8, 4) is 5.75 Å². The number of amides is 1. The molecule has 0 atom stereocenters. The van der Waals surface area contributed by atoms with Crippen LogP contribution in [0.25, 0.3) is 0 Å². The van der Waals surface area contributed by atoms with Gasteiger partial charge < -0.3 is 19.1 Å². The van der Waals surface area contributed by atoms with E-state index >= 15 is 0 Å². The normalized spacial score (nSPS) is 19.2. The number of nitrogens with one attached hydrogen (secondary N) is 1. The van der Waals surface area contributed by atoms with Crippen LogP contribution in [0, 0.1) is 5.92 Å². The molecule has 1 amide bonds. The second-order valence-electron chi connectivity index (χ2n) is 7.38. The Bertz CT molecular complexity index is 751. The van der Waals surface area contributed by atoms with Gasteiger partial charge in [-0.1, -0.05) is 0 Å². The molecule has 1 aromatic rings. The molecular weight excluding hydrogens is 384 g/mol. The second-order valence-corrected chi connectivity index (χ2v) is 9.10. The molecule has 2 aliphatic heterocycles. The first-order chi connectivity index (χ1) is 13.3. The largest absolute Gasteiger partial charge is 0.491 e. The lowest BCUT2D eigenvalue weighted by atomic mass is 9.96. The van der Waals surface area contributed by atoms with Gasteiger partial charge in [0.1, 0.15) is 11.5 Å². The summed E-state index contributed by atoms with van der Waals surface area (Å²) in [5.74, 6) is -0.0443. The topological polar surface area (TPSA) is 94.2 Å². The summed E-state index contributed by atoms with van der Waals surface area (Å²) in [6.07, 6.45) is 1.35. The highest BCUT2D eigenvalue weighted by Crippen LogP contribution is 2.26. The number of hydrogen-bond acceptors (Lipinski definition) is 6. The smallest absolute Gasteiger partial charge is 0.241 e. The van der Waals surface area contributed by atoms with Crippen LogP contribution in [0.2, 0.25) is 0 Å². The molecule has 2 saturated heterocycles. The average Bonchev–Trinajstić information content (AvgIpc) is 3.17. The van der Waals surface area contributed by atoms with E-state index in [0.29, 0.717) is 37.7 Å². The zero-order valence-corrected chi connectivity index (χ0v) is 17.1. The van der Waals surface area contributed by atoms with E-state index < -0.39 is 15.8 Å². The summed E-state index contributed by atoms with van der Waals surface area (Å²) < 4.78 is 43.8. The summed E-state index contributed by atoms with van der Waals surface area (Å²) >= 11 is 0. The molecule has 1 N–H and O–H groups in total. The number of likely N-dealkylation sites (tertiary alicyclic amines) is 1. The molecule has 8 nitrogen and oxygen atoms in total. The molecule has 2 aliphatic rings. The van der Waals surface area contributed by atoms with Gasteiger partial charge in [-0.3, -0.25) is 9.52 Å². The number of anilines is 1. The molecule has 3 rings (SSSR count). The number of piperidine rings is 1. The molecule has 0 radical (unpaired) electrons. The first-order valence-corrected chi connectivity index (χ1v) is 11.3. The lowest BCUT2D eigenvalue weighted by Crippen LogP contribution is -2.44. The van der Waals surface area contributed by atoms with Crippen LogP contribution >= 0.6 is 0 Å². The van der Waals surface area contributed by atoms with Crippen LogP contribution in [0.15, 0.2) is 24.3 Å². The van der Waals surface area contributed by atoms with Gasteiger partial charge in [0.2, 0.25) is 15.9 Å². The van der Waals surface area contributed by atoms with Crippen molar-refractivity contribution in [1.82, 2.24) is 4.90 Å². The van der Waals surface area contributed by atoms with Crippen LogP contribution in [0.3, 0.4) is 0 Å². The van der Waals surface area contributed by atoms with Gasteiger partial charge in [0.15, 0.2) is 6.29 Å². The number of ether oxygens (including phenoxy) is 3. The quantitative estimate of drug-likeness (QED) is 0.734. The van der Waals surface area contributed by atoms with E-state index in [1.807, 2.05) is 13.8 Å². The first-order valence-electron chi connectivity index (χ1n) is 9.60. The van der Waals surface area contributed by atoms with Gasteiger partial charge in [-0.2, -0.15) is 0 Å². The molecule has 28 heavy (non-hydrogen) atoms. The van der Waals surface area contributed by atoms with E-state index in [-0.39, 0.29) is 24.2 Å². The Hall–Kier alpha value is -1.84. The SMILES string of the molecule is CC(C)Oc1ccc(NS(=O)(=O)CC(=O)N2CCC(C3OCCO3)CC2)cc1. The lowest BCUT2D eigenvalue weighted by molar-refractivity contribution is -0.134. The van der Waals surface area contributed by atoms with Crippen molar-refractivity contribution in [2.75, 3.05) is 36.8 Å². The fraction of sp³-hybridized carbons (Fsp3) is 0.632. The van der Waals surface area contributed by atoms with Crippen molar-refractivity contribution in [2.45, 2.75) is 39.1 Å². The minimum absolute atomic E-state index is 0.0381. The molecule has 1 aromatic carbocycles. The number of hydrogen-bond donors (Lipinski definition) is 1. The molecule has 0 aromatic heterocycles. The third kappa shape index (κ3) is 5.83. The molecule has 0 aliphatic carbocycles. The summed E-state index contributed by atoms with van der Waals surface area (Å²) in [7, 11) is -3.78. The minimum Gasteiger partial charge on any atom is -0.491 e. The number of carbonyl (C=O) groups excluding carboxylic acids is 1. The van der Waals surface area contributed by atoms with Gasteiger partial charge in [0.05, 0.1) is 19.3 Å². The van der Waals surface area contributed by atoms with E-state index in [4.69, 9.17) is 14.2 Å². The fourth-order valence-corrected chi connectivity index (χ4v) is 4.49. The summed E-state index contributed by atoms with van der Waals surface area (Å²) in [6, 6.07) is 6.62. The Labute approximate surface area is 166 Å². The predicted molar refractivity (Wildman–Crippen MR) is 105 cm³/mol. The molecule has 0 unspecified atom stereocenters. The molecule has 9 heteroatoms. The van der Waals surface area contributed by atoms with Crippen molar-refractivity contribution in [2.24, 2.45) is 5.92 Å². The summed E-state index contributed by atoms with van der Waals surface area (Å²) in [5.41, 5.74) is 0.401.